The molecule has 0 atom stereocenters. The molecule has 9 heteroatoms. The van der Waals surface area contributed by atoms with Crippen molar-refractivity contribution in [2.75, 3.05) is 26.1 Å². The first-order valence-electron chi connectivity index (χ1n) is 9.83. The molecule has 1 fully saturated rings. The molecule has 30 heavy (non-hydrogen) atoms. The molecule has 3 aromatic rings. The molecule has 0 saturated heterocycles. The molecule has 0 radical (unpaired) electrons. The molecular weight excluding hydrogens is 406 g/mol. The lowest BCUT2D eigenvalue weighted by Gasteiger charge is -2.41. The van der Waals surface area contributed by atoms with Gasteiger partial charge in [-0.25, -0.2) is 4.98 Å². The third kappa shape index (κ3) is 3.89. The number of ether oxygens (including phenoxy) is 2. The van der Waals surface area contributed by atoms with Gasteiger partial charge in [0.05, 0.1) is 34.5 Å². The summed E-state index contributed by atoms with van der Waals surface area (Å²) in [4.78, 5) is 18.6. The van der Waals surface area contributed by atoms with Crippen LogP contribution in [0.4, 0.5) is 5.82 Å². The van der Waals surface area contributed by atoms with E-state index < -0.39 is 5.60 Å². The fraction of sp³-hybridized carbons (Fsp3) is 0.476. The fourth-order valence-electron chi connectivity index (χ4n) is 3.55. The Labute approximate surface area is 180 Å². The van der Waals surface area contributed by atoms with Crippen LogP contribution in [0, 0.1) is 5.92 Å². The molecule has 0 aliphatic heterocycles. The molecule has 0 bridgehead atoms. The van der Waals surface area contributed by atoms with Crippen LogP contribution in [0.2, 0.25) is 5.02 Å². The average Bonchev–Trinajstić information content (AvgIpc) is 3.03. The Hall–Kier alpha value is -2.58. The average molecular weight is 432 g/mol. The van der Waals surface area contributed by atoms with Gasteiger partial charge in [0.15, 0.2) is 5.65 Å². The number of anilines is 1. The molecule has 0 aromatic carbocycles. The van der Waals surface area contributed by atoms with E-state index in [-0.39, 0.29) is 12.0 Å². The molecule has 1 aliphatic carbocycles. The summed E-state index contributed by atoms with van der Waals surface area (Å²) in [6.07, 6.45) is 1.61. The highest BCUT2D eigenvalue weighted by Gasteiger charge is 2.40. The summed E-state index contributed by atoms with van der Waals surface area (Å²) in [6.45, 7) is 3.66. The summed E-state index contributed by atoms with van der Waals surface area (Å²) in [5.74, 6) is 1.44. The first kappa shape index (κ1) is 20.7. The third-order valence-corrected chi connectivity index (χ3v) is 5.82. The van der Waals surface area contributed by atoms with Gasteiger partial charge in [-0.3, -0.25) is 0 Å². The van der Waals surface area contributed by atoms with Crippen molar-refractivity contribution in [3.8, 4) is 23.1 Å². The van der Waals surface area contributed by atoms with Crippen LogP contribution in [0.5, 0.6) is 11.9 Å². The lowest BCUT2D eigenvalue weighted by Crippen LogP contribution is -2.45. The smallest absolute Gasteiger partial charge is 0.296 e. The number of aromatic nitrogens is 4. The minimum absolute atomic E-state index is 0.0276. The van der Waals surface area contributed by atoms with E-state index in [1.807, 2.05) is 45.0 Å². The number of hydrogen-bond acceptors (Lipinski definition) is 7. The number of nitrogens with one attached hydrogen (secondary N) is 1. The largest absolute Gasteiger partial charge is 0.480 e. The van der Waals surface area contributed by atoms with Crippen LogP contribution in [0.3, 0.4) is 0 Å². The number of hydrogen-bond donors (Lipinski definition) is 2. The zero-order valence-corrected chi connectivity index (χ0v) is 18.5. The first-order valence-corrected chi connectivity index (χ1v) is 10.2. The van der Waals surface area contributed by atoms with Crippen LogP contribution in [0.1, 0.15) is 26.7 Å². The van der Waals surface area contributed by atoms with E-state index in [4.69, 9.17) is 21.1 Å². The number of methoxy groups -OCH3 is 1. The number of rotatable bonds is 6. The molecule has 4 rings (SSSR count). The predicted octanol–water partition coefficient (Wildman–Crippen LogP) is 3.68. The molecule has 160 valence electrons. The number of imidazole rings is 1. The van der Waals surface area contributed by atoms with E-state index in [0.717, 1.165) is 18.7 Å². The second kappa shape index (κ2) is 7.59. The Bertz CT molecular complexity index is 1070. The Kier molecular flexibility index (Phi) is 5.23. The molecule has 0 unspecified atom stereocenters. The summed E-state index contributed by atoms with van der Waals surface area (Å²) in [5.41, 5.74) is 1.73. The van der Waals surface area contributed by atoms with Crippen molar-refractivity contribution in [2.45, 2.75) is 38.4 Å². The van der Waals surface area contributed by atoms with Crippen molar-refractivity contribution >= 4 is 28.6 Å². The predicted molar refractivity (Wildman–Crippen MR) is 116 cm³/mol. The number of aromatic amines is 1. The van der Waals surface area contributed by atoms with Gasteiger partial charge in [0, 0.05) is 14.1 Å². The SMILES string of the molecule is COc1nc(N(C)C)ccc1-c1nc2nc(OC3CC(C(C)(C)O)C3)[nH]c2cc1Cl. The van der Waals surface area contributed by atoms with Crippen molar-refractivity contribution in [2.24, 2.45) is 5.92 Å². The Morgan fingerprint density at radius 3 is 2.57 bits per heavy atom. The maximum atomic E-state index is 10.1. The van der Waals surface area contributed by atoms with Crippen LogP contribution in [-0.4, -0.2) is 58.0 Å². The summed E-state index contributed by atoms with van der Waals surface area (Å²) < 4.78 is 11.4. The number of fused-ring (bicyclic) bond motifs is 1. The van der Waals surface area contributed by atoms with Crippen LogP contribution in [-0.2, 0) is 0 Å². The number of halogens is 1. The molecule has 1 saturated carbocycles. The summed E-state index contributed by atoms with van der Waals surface area (Å²) >= 11 is 6.52. The van der Waals surface area contributed by atoms with Crippen LogP contribution in [0.25, 0.3) is 22.4 Å². The third-order valence-electron chi connectivity index (χ3n) is 5.53. The van der Waals surface area contributed by atoms with Crippen LogP contribution < -0.4 is 14.4 Å². The highest BCUT2D eigenvalue weighted by molar-refractivity contribution is 6.33. The minimum atomic E-state index is -0.688. The van der Waals surface area contributed by atoms with E-state index in [2.05, 4.69) is 19.9 Å². The van der Waals surface area contributed by atoms with E-state index >= 15 is 0 Å². The van der Waals surface area contributed by atoms with Crippen molar-refractivity contribution in [1.29, 1.82) is 0 Å². The van der Waals surface area contributed by atoms with Gasteiger partial charge < -0.3 is 24.5 Å². The molecule has 8 nitrogen and oxygen atoms in total. The van der Waals surface area contributed by atoms with Gasteiger partial charge in [0.1, 0.15) is 11.9 Å². The van der Waals surface area contributed by atoms with Crippen molar-refractivity contribution in [1.82, 2.24) is 19.9 Å². The van der Waals surface area contributed by atoms with Gasteiger partial charge >= 0.3 is 0 Å². The fourth-order valence-corrected chi connectivity index (χ4v) is 3.81. The van der Waals surface area contributed by atoms with Crippen molar-refractivity contribution < 1.29 is 14.6 Å². The van der Waals surface area contributed by atoms with E-state index in [1.54, 1.807) is 13.2 Å². The van der Waals surface area contributed by atoms with Crippen LogP contribution >= 0.6 is 11.6 Å². The quantitative estimate of drug-likeness (QED) is 0.614. The zero-order chi connectivity index (χ0) is 21.6. The molecule has 2 N–H and O–H groups in total. The van der Waals surface area contributed by atoms with E-state index in [9.17, 15) is 5.11 Å². The van der Waals surface area contributed by atoms with Crippen molar-refractivity contribution in [3.05, 3.63) is 23.2 Å². The van der Waals surface area contributed by atoms with Crippen LogP contribution in [0.15, 0.2) is 18.2 Å². The molecule has 0 amide bonds. The van der Waals surface area contributed by atoms with Gasteiger partial charge in [-0.05, 0) is 50.8 Å². The maximum absolute atomic E-state index is 10.1. The molecule has 0 spiro atoms. The standard InChI is InChI=1S/C21H26ClN5O3/c1-21(2,28)11-8-12(9-11)30-20-23-15-10-14(22)17(25-18(15)26-20)13-6-7-16(27(3)4)24-19(13)29-5/h6-7,10-12,28H,8-9H2,1-5H3,(H,23,25,26). The lowest BCUT2D eigenvalue weighted by atomic mass is 9.72. The van der Waals surface area contributed by atoms with Gasteiger partial charge in [-0.15, -0.1) is 0 Å². The van der Waals surface area contributed by atoms with Gasteiger partial charge in [0.2, 0.25) is 5.88 Å². The Morgan fingerprint density at radius 1 is 1.20 bits per heavy atom. The number of H-pyrrole nitrogens is 1. The Balaban J connectivity index is 1.60. The second-order valence-corrected chi connectivity index (χ2v) is 8.82. The van der Waals surface area contributed by atoms with Gasteiger partial charge in [-0.1, -0.05) is 11.6 Å². The highest BCUT2D eigenvalue weighted by atomic mass is 35.5. The molecule has 3 heterocycles. The summed E-state index contributed by atoms with van der Waals surface area (Å²) in [5, 5.41) is 10.5. The number of aliphatic hydroxyl groups is 1. The summed E-state index contributed by atoms with van der Waals surface area (Å²) in [7, 11) is 5.39. The zero-order valence-electron chi connectivity index (χ0n) is 17.7. The van der Waals surface area contributed by atoms with Gasteiger partial charge in [0.25, 0.3) is 6.01 Å². The molecule has 1 aliphatic rings. The first-order chi connectivity index (χ1) is 14.2. The lowest BCUT2D eigenvalue weighted by molar-refractivity contribution is -0.0692. The second-order valence-electron chi connectivity index (χ2n) is 8.41. The van der Waals surface area contributed by atoms with E-state index in [0.29, 0.717) is 39.3 Å². The highest BCUT2D eigenvalue weighted by Crippen LogP contribution is 2.39. The molecule has 3 aromatic heterocycles. The monoisotopic (exact) mass is 431 g/mol. The number of pyridine rings is 2. The summed E-state index contributed by atoms with van der Waals surface area (Å²) in [6, 6.07) is 5.95. The topological polar surface area (TPSA) is 96.4 Å². The van der Waals surface area contributed by atoms with Gasteiger partial charge in [-0.2, -0.15) is 9.97 Å². The number of nitrogens with zero attached hydrogens (tertiary/aromatic N) is 4. The van der Waals surface area contributed by atoms with Crippen molar-refractivity contribution in [3.63, 3.8) is 0 Å². The normalized spacial score (nSPS) is 18.9. The molecular formula is C21H26ClN5O3. The maximum Gasteiger partial charge on any atom is 0.296 e. The van der Waals surface area contributed by atoms with E-state index in [1.165, 1.54) is 0 Å². The Morgan fingerprint density at radius 2 is 1.93 bits per heavy atom. The minimum Gasteiger partial charge on any atom is -0.480 e.